The lowest BCUT2D eigenvalue weighted by molar-refractivity contribution is 0.0457. The number of nitrogens with zero attached hydrogens (tertiary/aromatic N) is 3. The first kappa shape index (κ1) is 13.6. The smallest absolute Gasteiger partial charge is 0.154 e. The highest BCUT2D eigenvalue weighted by molar-refractivity contribution is 9.10. The summed E-state index contributed by atoms with van der Waals surface area (Å²) in [5.74, 6) is 0. The summed E-state index contributed by atoms with van der Waals surface area (Å²) < 4.78 is 12.2. The van der Waals surface area contributed by atoms with E-state index < -0.39 is 6.10 Å². The molecule has 1 atom stereocenters. The van der Waals surface area contributed by atoms with Crippen molar-refractivity contribution in [1.82, 2.24) is 15.0 Å². The second-order valence-corrected chi connectivity index (χ2v) is 4.05. The van der Waals surface area contributed by atoms with Gasteiger partial charge in [-0.05, 0) is 15.9 Å². The van der Waals surface area contributed by atoms with E-state index in [9.17, 15) is 5.11 Å². The number of aliphatic hydroxyl groups excluding tert-OH is 1. The maximum absolute atomic E-state index is 9.89. The molecule has 0 aliphatic rings. The van der Waals surface area contributed by atoms with Gasteiger partial charge in [-0.1, -0.05) is 5.21 Å². The van der Waals surface area contributed by atoms with Crippen LogP contribution in [0.5, 0.6) is 0 Å². The fourth-order valence-electron chi connectivity index (χ4n) is 1.27. The van der Waals surface area contributed by atoms with Gasteiger partial charge in [-0.3, -0.25) is 0 Å². The predicted octanol–water partition coefficient (Wildman–Crippen LogP) is 0.664. The van der Waals surface area contributed by atoms with Crippen LogP contribution in [0.1, 0.15) is 18.2 Å². The zero-order valence-corrected chi connectivity index (χ0v) is 11.0. The molecule has 1 aromatic heterocycles. The third-order valence-electron chi connectivity index (χ3n) is 2.11. The molecular formula is C9H16BrN3O3. The van der Waals surface area contributed by atoms with Crippen LogP contribution in [0.3, 0.4) is 0 Å². The monoisotopic (exact) mass is 293 g/mol. The van der Waals surface area contributed by atoms with Crippen LogP contribution in [-0.4, -0.2) is 47.0 Å². The van der Waals surface area contributed by atoms with Crippen molar-refractivity contribution in [2.75, 3.05) is 26.9 Å². The lowest BCUT2D eigenvalue weighted by Gasteiger charge is -2.10. The first-order chi connectivity index (χ1) is 7.66. The molecule has 1 N–H and O–H groups in total. The van der Waals surface area contributed by atoms with Crippen LogP contribution in [0.25, 0.3) is 0 Å². The summed E-state index contributed by atoms with van der Waals surface area (Å²) in [4.78, 5) is 0. The van der Waals surface area contributed by atoms with E-state index in [0.717, 1.165) is 0 Å². The van der Waals surface area contributed by atoms with Gasteiger partial charge in [0.2, 0.25) is 0 Å². The number of aryl methyl sites for hydroxylation is 1. The van der Waals surface area contributed by atoms with E-state index in [1.54, 1.807) is 18.8 Å². The molecule has 0 aromatic carbocycles. The number of ether oxygens (including phenoxy) is 2. The second-order valence-electron chi connectivity index (χ2n) is 3.30. The Morgan fingerprint density at radius 1 is 1.44 bits per heavy atom. The minimum atomic E-state index is -0.628. The molecule has 0 fully saturated rings. The number of hydrogen-bond donors (Lipinski definition) is 1. The zero-order chi connectivity index (χ0) is 12.0. The number of rotatable bonds is 7. The van der Waals surface area contributed by atoms with E-state index >= 15 is 0 Å². The number of methoxy groups -OCH3 is 1. The van der Waals surface area contributed by atoms with Gasteiger partial charge in [-0.15, -0.1) is 5.10 Å². The molecule has 0 aliphatic heterocycles. The molecule has 1 rings (SSSR count). The molecule has 16 heavy (non-hydrogen) atoms. The second kappa shape index (κ2) is 6.95. The molecule has 0 saturated heterocycles. The van der Waals surface area contributed by atoms with Gasteiger partial charge >= 0.3 is 0 Å². The first-order valence-electron chi connectivity index (χ1n) is 4.96. The van der Waals surface area contributed by atoms with Crippen molar-refractivity contribution < 1.29 is 14.6 Å². The summed E-state index contributed by atoms with van der Waals surface area (Å²) in [5, 5.41) is 17.5. The molecule has 6 nitrogen and oxygen atoms in total. The Labute approximate surface area is 103 Å². The van der Waals surface area contributed by atoms with E-state index in [1.165, 1.54) is 0 Å². The Morgan fingerprint density at radius 2 is 2.19 bits per heavy atom. The van der Waals surface area contributed by atoms with E-state index in [2.05, 4.69) is 26.2 Å². The van der Waals surface area contributed by atoms with Gasteiger partial charge in [-0.25, -0.2) is 4.68 Å². The number of hydrogen-bond acceptors (Lipinski definition) is 5. The summed E-state index contributed by atoms with van der Waals surface area (Å²) in [7, 11) is 3.36. The van der Waals surface area contributed by atoms with Gasteiger partial charge in [0.25, 0.3) is 0 Å². The van der Waals surface area contributed by atoms with Crippen LogP contribution in [0, 0.1) is 0 Å². The van der Waals surface area contributed by atoms with Crippen LogP contribution in [-0.2, 0) is 16.5 Å². The number of halogens is 1. The number of aliphatic hydroxyl groups is 1. The highest BCUT2D eigenvalue weighted by atomic mass is 79.9. The summed E-state index contributed by atoms with van der Waals surface area (Å²) in [6.07, 6.45) is -0.124. The summed E-state index contributed by atoms with van der Waals surface area (Å²) in [6, 6.07) is 0. The molecule has 7 heteroatoms. The maximum atomic E-state index is 9.89. The van der Waals surface area contributed by atoms with Crippen molar-refractivity contribution in [3.8, 4) is 0 Å². The molecule has 0 aliphatic carbocycles. The van der Waals surface area contributed by atoms with Crippen molar-refractivity contribution in [3.63, 3.8) is 0 Å². The highest BCUT2D eigenvalue weighted by Crippen LogP contribution is 2.22. The lowest BCUT2D eigenvalue weighted by Crippen LogP contribution is -2.10. The standard InChI is InChI=1S/C9H16BrN3O3/c1-13-8(9(10)11-12-13)7(14)3-4-16-6-5-15-2/h7,14H,3-6H2,1-2H3. The fourth-order valence-corrected chi connectivity index (χ4v) is 1.86. The highest BCUT2D eigenvalue weighted by Gasteiger charge is 2.17. The first-order valence-corrected chi connectivity index (χ1v) is 5.76. The topological polar surface area (TPSA) is 69.4 Å². The Hall–Kier alpha value is -0.500. The van der Waals surface area contributed by atoms with E-state index in [-0.39, 0.29) is 0 Å². The third-order valence-corrected chi connectivity index (χ3v) is 2.67. The predicted molar refractivity (Wildman–Crippen MR) is 61.0 cm³/mol. The van der Waals surface area contributed by atoms with Gasteiger partial charge in [-0.2, -0.15) is 0 Å². The molecule has 1 heterocycles. The van der Waals surface area contributed by atoms with Gasteiger partial charge < -0.3 is 14.6 Å². The summed E-state index contributed by atoms with van der Waals surface area (Å²) in [5.41, 5.74) is 0.662. The Morgan fingerprint density at radius 3 is 2.75 bits per heavy atom. The van der Waals surface area contributed by atoms with Crippen LogP contribution >= 0.6 is 15.9 Å². The van der Waals surface area contributed by atoms with Crippen LogP contribution in [0.2, 0.25) is 0 Å². The number of aromatic nitrogens is 3. The van der Waals surface area contributed by atoms with Crippen molar-refractivity contribution in [2.24, 2.45) is 7.05 Å². The molecule has 1 aromatic rings. The third kappa shape index (κ3) is 3.82. The molecule has 0 spiro atoms. The minimum absolute atomic E-state index is 0.474. The van der Waals surface area contributed by atoms with E-state index in [4.69, 9.17) is 9.47 Å². The zero-order valence-electron chi connectivity index (χ0n) is 9.39. The van der Waals surface area contributed by atoms with Crippen molar-refractivity contribution in [2.45, 2.75) is 12.5 Å². The van der Waals surface area contributed by atoms with Crippen LogP contribution < -0.4 is 0 Å². The molecule has 0 bridgehead atoms. The molecule has 0 radical (unpaired) electrons. The summed E-state index contributed by atoms with van der Waals surface area (Å²) >= 11 is 3.24. The fraction of sp³-hybridized carbons (Fsp3) is 0.778. The van der Waals surface area contributed by atoms with Gasteiger partial charge in [0.15, 0.2) is 4.60 Å². The van der Waals surface area contributed by atoms with E-state index in [0.29, 0.717) is 36.5 Å². The van der Waals surface area contributed by atoms with Crippen molar-refractivity contribution >= 4 is 15.9 Å². The minimum Gasteiger partial charge on any atom is -0.387 e. The molecule has 1 unspecified atom stereocenters. The van der Waals surface area contributed by atoms with Gasteiger partial charge in [0, 0.05) is 27.2 Å². The Balaban J connectivity index is 2.32. The van der Waals surface area contributed by atoms with Gasteiger partial charge in [0.1, 0.15) is 11.8 Å². The normalized spacial score (nSPS) is 13.0. The average molecular weight is 294 g/mol. The molecule has 92 valence electrons. The Bertz CT molecular complexity index is 299. The largest absolute Gasteiger partial charge is 0.387 e. The molecular weight excluding hydrogens is 278 g/mol. The summed E-state index contributed by atoms with van der Waals surface area (Å²) in [6.45, 7) is 1.57. The molecule has 0 amide bonds. The average Bonchev–Trinajstić information content (AvgIpc) is 2.58. The molecule has 0 saturated carbocycles. The van der Waals surface area contributed by atoms with Crippen molar-refractivity contribution in [1.29, 1.82) is 0 Å². The van der Waals surface area contributed by atoms with Crippen LogP contribution in [0.4, 0.5) is 0 Å². The quantitative estimate of drug-likeness (QED) is 0.748. The van der Waals surface area contributed by atoms with E-state index in [1.807, 2.05) is 0 Å². The SMILES string of the molecule is COCCOCCC(O)c1c(Br)nnn1C. The van der Waals surface area contributed by atoms with Crippen molar-refractivity contribution in [3.05, 3.63) is 10.3 Å². The van der Waals surface area contributed by atoms with Crippen LogP contribution in [0.15, 0.2) is 4.60 Å². The maximum Gasteiger partial charge on any atom is 0.154 e. The lowest BCUT2D eigenvalue weighted by atomic mass is 10.2. The Kier molecular flexibility index (Phi) is 5.89. The van der Waals surface area contributed by atoms with Gasteiger partial charge in [0.05, 0.1) is 13.2 Å².